The molecule has 0 bridgehead atoms. The molecule has 2 unspecified atom stereocenters. The van der Waals surface area contributed by atoms with Gasteiger partial charge in [-0.2, -0.15) is 0 Å². The van der Waals surface area contributed by atoms with E-state index in [2.05, 4.69) is 5.32 Å². The SMILES string of the molecule is Cc1ccc(C(=O)CCNC(C)C(O)c2ccc(F)cc2)cc1. The second-order valence-electron chi connectivity index (χ2n) is 5.78. The third-order valence-corrected chi connectivity index (χ3v) is 3.88. The Bertz CT molecular complexity index is 637. The highest BCUT2D eigenvalue weighted by molar-refractivity contribution is 5.96. The zero-order chi connectivity index (χ0) is 16.8. The van der Waals surface area contributed by atoms with Crippen molar-refractivity contribution < 1.29 is 14.3 Å². The Morgan fingerprint density at radius 1 is 1.13 bits per heavy atom. The zero-order valence-electron chi connectivity index (χ0n) is 13.4. The number of Topliss-reactive ketones (excluding diaryl/α,β-unsaturated/α-hetero) is 1. The maximum absolute atomic E-state index is 12.9. The summed E-state index contributed by atoms with van der Waals surface area (Å²) in [6.45, 7) is 4.30. The molecule has 0 radical (unpaired) electrons. The van der Waals surface area contributed by atoms with E-state index < -0.39 is 6.10 Å². The third-order valence-electron chi connectivity index (χ3n) is 3.88. The van der Waals surface area contributed by atoms with Gasteiger partial charge in [0.25, 0.3) is 0 Å². The van der Waals surface area contributed by atoms with Crippen molar-refractivity contribution in [2.75, 3.05) is 6.54 Å². The number of ketones is 1. The molecule has 3 nitrogen and oxygen atoms in total. The molecule has 0 saturated carbocycles. The Labute approximate surface area is 136 Å². The van der Waals surface area contributed by atoms with Gasteiger partial charge in [0.05, 0.1) is 6.10 Å². The van der Waals surface area contributed by atoms with Gasteiger partial charge in [-0.05, 0) is 31.5 Å². The van der Waals surface area contributed by atoms with E-state index >= 15 is 0 Å². The van der Waals surface area contributed by atoms with E-state index in [9.17, 15) is 14.3 Å². The molecule has 4 heteroatoms. The molecule has 0 saturated heterocycles. The highest BCUT2D eigenvalue weighted by Crippen LogP contribution is 2.17. The molecule has 2 aromatic carbocycles. The number of aliphatic hydroxyl groups is 1. The van der Waals surface area contributed by atoms with Crippen molar-refractivity contribution >= 4 is 5.78 Å². The molecule has 0 heterocycles. The molecular formula is C19H22FNO2. The van der Waals surface area contributed by atoms with Crippen molar-refractivity contribution in [3.05, 3.63) is 71.0 Å². The molecule has 0 aliphatic rings. The van der Waals surface area contributed by atoms with Crippen LogP contribution in [0.3, 0.4) is 0 Å². The molecule has 0 amide bonds. The molecule has 2 N–H and O–H groups in total. The van der Waals surface area contributed by atoms with Gasteiger partial charge < -0.3 is 10.4 Å². The van der Waals surface area contributed by atoms with Crippen LogP contribution < -0.4 is 5.32 Å². The van der Waals surface area contributed by atoms with Crippen molar-refractivity contribution in [1.29, 1.82) is 0 Å². The van der Waals surface area contributed by atoms with E-state index in [1.807, 2.05) is 38.1 Å². The van der Waals surface area contributed by atoms with E-state index in [0.29, 0.717) is 24.1 Å². The maximum Gasteiger partial charge on any atom is 0.164 e. The highest BCUT2D eigenvalue weighted by Gasteiger charge is 2.16. The topological polar surface area (TPSA) is 49.3 Å². The van der Waals surface area contributed by atoms with Crippen molar-refractivity contribution in [3.63, 3.8) is 0 Å². The minimum Gasteiger partial charge on any atom is -0.387 e. The number of aliphatic hydroxyl groups excluding tert-OH is 1. The molecule has 2 atom stereocenters. The molecule has 2 rings (SSSR count). The maximum atomic E-state index is 12.9. The lowest BCUT2D eigenvalue weighted by Gasteiger charge is -2.20. The van der Waals surface area contributed by atoms with Gasteiger partial charge >= 0.3 is 0 Å². The van der Waals surface area contributed by atoms with Crippen LogP contribution >= 0.6 is 0 Å². The fourth-order valence-electron chi connectivity index (χ4n) is 2.36. The average Bonchev–Trinajstić information content (AvgIpc) is 2.55. The third kappa shape index (κ3) is 4.98. The van der Waals surface area contributed by atoms with Crippen LogP contribution in [0.15, 0.2) is 48.5 Å². The van der Waals surface area contributed by atoms with Gasteiger partial charge in [0.15, 0.2) is 5.78 Å². The first-order valence-electron chi connectivity index (χ1n) is 7.74. The summed E-state index contributed by atoms with van der Waals surface area (Å²) < 4.78 is 12.9. The first-order chi connectivity index (χ1) is 11.0. The van der Waals surface area contributed by atoms with Crippen LogP contribution in [0, 0.1) is 12.7 Å². The Hall–Kier alpha value is -2.04. The summed E-state index contributed by atoms with van der Waals surface area (Å²) in [7, 11) is 0. The molecular weight excluding hydrogens is 293 g/mol. The fraction of sp³-hybridized carbons (Fsp3) is 0.316. The normalized spacial score (nSPS) is 13.6. The second kappa shape index (κ2) is 7.99. The van der Waals surface area contributed by atoms with Crippen molar-refractivity contribution in [2.24, 2.45) is 0 Å². The predicted octanol–water partition coefficient (Wildman–Crippen LogP) is 3.42. The molecule has 23 heavy (non-hydrogen) atoms. The second-order valence-corrected chi connectivity index (χ2v) is 5.78. The summed E-state index contributed by atoms with van der Waals surface area (Å²) in [6.07, 6.45) is -0.381. The van der Waals surface area contributed by atoms with Crippen LogP contribution in [-0.2, 0) is 0 Å². The Morgan fingerprint density at radius 2 is 1.74 bits per heavy atom. The van der Waals surface area contributed by atoms with Gasteiger partial charge in [0.2, 0.25) is 0 Å². The fourth-order valence-corrected chi connectivity index (χ4v) is 2.36. The lowest BCUT2D eigenvalue weighted by molar-refractivity contribution is 0.0972. The van der Waals surface area contributed by atoms with Crippen molar-refractivity contribution in [3.8, 4) is 0 Å². The van der Waals surface area contributed by atoms with E-state index in [1.54, 1.807) is 12.1 Å². The summed E-state index contributed by atoms with van der Waals surface area (Å²) in [5.41, 5.74) is 2.47. The van der Waals surface area contributed by atoms with Crippen LogP contribution in [0.4, 0.5) is 4.39 Å². The number of hydrogen-bond acceptors (Lipinski definition) is 3. The summed E-state index contributed by atoms with van der Waals surface area (Å²) in [5, 5.41) is 13.4. The summed E-state index contributed by atoms with van der Waals surface area (Å²) in [5.74, 6) is -0.258. The number of benzene rings is 2. The number of hydrogen-bond donors (Lipinski definition) is 2. The standard InChI is InChI=1S/C19H22FNO2/c1-13-3-5-15(6-4-13)18(22)11-12-21-14(2)19(23)16-7-9-17(20)10-8-16/h3-10,14,19,21,23H,11-12H2,1-2H3. The van der Waals surface area contributed by atoms with Crippen LogP contribution in [0.1, 0.15) is 40.9 Å². The summed E-state index contributed by atoms with van der Waals surface area (Å²) >= 11 is 0. The van der Waals surface area contributed by atoms with E-state index in [-0.39, 0.29) is 17.6 Å². The number of rotatable bonds is 7. The van der Waals surface area contributed by atoms with E-state index in [0.717, 1.165) is 5.56 Å². The summed E-state index contributed by atoms with van der Waals surface area (Å²) in [6, 6.07) is 13.0. The van der Waals surface area contributed by atoms with Crippen LogP contribution in [0.25, 0.3) is 0 Å². The van der Waals surface area contributed by atoms with Crippen molar-refractivity contribution in [2.45, 2.75) is 32.4 Å². The highest BCUT2D eigenvalue weighted by atomic mass is 19.1. The van der Waals surface area contributed by atoms with Crippen LogP contribution in [0.2, 0.25) is 0 Å². The summed E-state index contributed by atoms with van der Waals surface area (Å²) in [4.78, 5) is 12.1. The first kappa shape index (κ1) is 17.3. The minimum absolute atomic E-state index is 0.0703. The van der Waals surface area contributed by atoms with Gasteiger partial charge in [-0.25, -0.2) is 4.39 Å². The Morgan fingerprint density at radius 3 is 2.35 bits per heavy atom. The van der Waals surface area contributed by atoms with Gasteiger partial charge in [-0.15, -0.1) is 0 Å². The molecule has 0 aliphatic heterocycles. The molecule has 2 aromatic rings. The molecule has 122 valence electrons. The van der Waals surface area contributed by atoms with Crippen LogP contribution in [-0.4, -0.2) is 23.5 Å². The zero-order valence-corrected chi connectivity index (χ0v) is 13.4. The lowest BCUT2D eigenvalue weighted by atomic mass is 10.0. The van der Waals surface area contributed by atoms with Gasteiger partial charge in [-0.1, -0.05) is 42.0 Å². The largest absolute Gasteiger partial charge is 0.387 e. The van der Waals surface area contributed by atoms with Gasteiger partial charge in [0, 0.05) is 24.6 Å². The van der Waals surface area contributed by atoms with Crippen molar-refractivity contribution in [1.82, 2.24) is 5.32 Å². The lowest BCUT2D eigenvalue weighted by Crippen LogP contribution is -2.33. The minimum atomic E-state index is -0.745. The van der Waals surface area contributed by atoms with Gasteiger partial charge in [0.1, 0.15) is 5.82 Å². The quantitative estimate of drug-likeness (QED) is 0.770. The van der Waals surface area contributed by atoms with E-state index in [4.69, 9.17) is 0 Å². The smallest absolute Gasteiger partial charge is 0.164 e. The number of aryl methyl sites for hydroxylation is 1. The van der Waals surface area contributed by atoms with Crippen LogP contribution in [0.5, 0.6) is 0 Å². The Kier molecular flexibility index (Phi) is 6.02. The monoisotopic (exact) mass is 315 g/mol. The average molecular weight is 315 g/mol. The number of carbonyl (C=O) groups is 1. The molecule has 0 fully saturated rings. The van der Waals surface area contributed by atoms with Gasteiger partial charge in [-0.3, -0.25) is 4.79 Å². The Balaban J connectivity index is 1.82. The number of carbonyl (C=O) groups excluding carboxylic acids is 1. The molecule has 0 aromatic heterocycles. The van der Waals surface area contributed by atoms with E-state index in [1.165, 1.54) is 12.1 Å². The number of halogens is 1. The molecule has 0 aliphatic carbocycles. The molecule has 0 spiro atoms. The number of nitrogens with one attached hydrogen (secondary N) is 1. The first-order valence-corrected chi connectivity index (χ1v) is 7.74. The predicted molar refractivity (Wildman–Crippen MR) is 89.0 cm³/mol.